The maximum Gasteiger partial charge on any atom is 0.251 e. The Balaban J connectivity index is 1.70. The molecule has 1 fully saturated rings. The molecule has 0 aliphatic carbocycles. The number of hydrogen-bond acceptors (Lipinski definition) is 3. The first-order chi connectivity index (χ1) is 12.0. The summed E-state index contributed by atoms with van der Waals surface area (Å²) in [5, 5.41) is 3.12. The van der Waals surface area contributed by atoms with Crippen LogP contribution in [0.15, 0.2) is 47.1 Å². The van der Waals surface area contributed by atoms with Crippen LogP contribution in [0.2, 0.25) is 0 Å². The summed E-state index contributed by atoms with van der Waals surface area (Å²) in [6.07, 6.45) is 2.06. The summed E-state index contributed by atoms with van der Waals surface area (Å²) in [6.45, 7) is 4.75. The third-order valence-electron chi connectivity index (χ3n) is 4.87. The number of nitrogens with zero attached hydrogens (tertiary/aromatic N) is 3. The van der Waals surface area contributed by atoms with Crippen LogP contribution in [0.4, 0.5) is 0 Å². The summed E-state index contributed by atoms with van der Waals surface area (Å²) < 4.78 is 3.12. The van der Waals surface area contributed by atoms with Crippen LogP contribution in [-0.2, 0) is 7.05 Å². The van der Waals surface area contributed by atoms with E-state index in [1.807, 2.05) is 24.3 Å². The van der Waals surface area contributed by atoms with Gasteiger partial charge in [-0.15, -0.1) is 0 Å². The van der Waals surface area contributed by atoms with Gasteiger partial charge in [-0.2, -0.15) is 0 Å². The molecular weight excluding hydrogens is 380 g/mol. The number of aromatic nitrogens is 1. The Bertz CT molecular complexity index is 704. The lowest BCUT2D eigenvalue weighted by molar-refractivity contribution is 0.0877. The Morgan fingerprint density at radius 3 is 2.40 bits per heavy atom. The largest absolute Gasteiger partial charge is 0.353 e. The van der Waals surface area contributed by atoms with Gasteiger partial charge in [0.1, 0.15) is 0 Å². The van der Waals surface area contributed by atoms with Crippen LogP contribution >= 0.6 is 15.9 Å². The first-order valence-corrected chi connectivity index (χ1v) is 9.41. The van der Waals surface area contributed by atoms with Crippen molar-refractivity contribution < 1.29 is 4.79 Å². The Hall–Kier alpha value is -1.63. The fraction of sp³-hybridized carbons (Fsp3) is 0.421. The monoisotopic (exact) mass is 404 g/mol. The Morgan fingerprint density at radius 1 is 1.12 bits per heavy atom. The van der Waals surface area contributed by atoms with E-state index in [1.165, 1.54) is 5.69 Å². The van der Waals surface area contributed by atoms with Crippen molar-refractivity contribution in [3.63, 3.8) is 0 Å². The molecule has 134 valence electrons. The lowest BCUT2D eigenvalue weighted by atomic mass is 10.1. The van der Waals surface area contributed by atoms with Crippen molar-refractivity contribution in [3.05, 3.63) is 58.3 Å². The van der Waals surface area contributed by atoms with E-state index in [0.29, 0.717) is 12.1 Å². The maximum atomic E-state index is 12.5. The molecule has 0 radical (unpaired) electrons. The van der Waals surface area contributed by atoms with Gasteiger partial charge in [-0.25, -0.2) is 0 Å². The Morgan fingerprint density at radius 2 is 1.80 bits per heavy atom. The van der Waals surface area contributed by atoms with E-state index < -0.39 is 0 Å². The zero-order chi connectivity index (χ0) is 17.8. The highest BCUT2D eigenvalue weighted by Crippen LogP contribution is 2.22. The minimum absolute atomic E-state index is 0.0270. The minimum atomic E-state index is -0.0270. The summed E-state index contributed by atoms with van der Waals surface area (Å²) >= 11 is 3.40. The third kappa shape index (κ3) is 4.51. The Labute approximate surface area is 157 Å². The molecule has 1 N–H and O–H groups in total. The highest BCUT2D eigenvalue weighted by Gasteiger charge is 2.26. The predicted molar refractivity (Wildman–Crippen MR) is 104 cm³/mol. The van der Waals surface area contributed by atoms with Gasteiger partial charge in [-0.1, -0.05) is 15.9 Å². The van der Waals surface area contributed by atoms with E-state index in [4.69, 9.17) is 0 Å². The number of rotatable bonds is 5. The third-order valence-corrected chi connectivity index (χ3v) is 5.40. The van der Waals surface area contributed by atoms with Gasteiger partial charge in [0, 0.05) is 61.7 Å². The van der Waals surface area contributed by atoms with Crippen molar-refractivity contribution in [2.75, 3.05) is 39.8 Å². The van der Waals surface area contributed by atoms with E-state index in [2.05, 4.69) is 68.0 Å². The lowest BCUT2D eigenvalue weighted by Gasteiger charge is -2.38. The van der Waals surface area contributed by atoms with Crippen molar-refractivity contribution in [2.45, 2.75) is 6.04 Å². The van der Waals surface area contributed by atoms with Crippen LogP contribution in [0.25, 0.3) is 0 Å². The number of amides is 1. The van der Waals surface area contributed by atoms with Gasteiger partial charge in [-0.05, 0) is 43.4 Å². The molecule has 5 nitrogen and oxygen atoms in total. The normalized spacial score (nSPS) is 17.4. The number of aryl methyl sites for hydroxylation is 1. The number of likely N-dealkylation sites (N-methyl/N-ethyl adjacent to an activating group) is 1. The second-order valence-corrected chi connectivity index (χ2v) is 7.53. The number of nitrogens with one attached hydrogen (secondary N) is 1. The van der Waals surface area contributed by atoms with Crippen molar-refractivity contribution in [1.82, 2.24) is 19.7 Å². The van der Waals surface area contributed by atoms with Gasteiger partial charge in [0.15, 0.2) is 0 Å². The first-order valence-electron chi connectivity index (χ1n) is 8.62. The van der Waals surface area contributed by atoms with Gasteiger partial charge < -0.3 is 14.8 Å². The van der Waals surface area contributed by atoms with E-state index >= 15 is 0 Å². The standard InChI is InChI=1S/C19H25BrN4O/c1-22-10-12-24(13-11-22)18(17-4-3-9-23(17)2)14-21-19(25)15-5-7-16(20)8-6-15/h3-9,18H,10-14H2,1-2H3,(H,21,25). The highest BCUT2D eigenvalue weighted by atomic mass is 79.9. The molecule has 0 spiro atoms. The SMILES string of the molecule is CN1CCN(C(CNC(=O)c2ccc(Br)cc2)c2cccn2C)CC1. The molecule has 2 heterocycles. The fourth-order valence-corrected chi connectivity index (χ4v) is 3.53. The number of benzene rings is 1. The topological polar surface area (TPSA) is 40.5 Å². The molecule has 1 amide bonds. The molecule has 6 heteroatoms. The quantitative estimate of drug-likeness (QED) is 0.831. The molecule has 1 unspecified atom stereocenters. The Kier molecular flexibility index (Phi) is 5.93. The molecule has 0 saturated carbocycles. The molecule has 3 rings (SSSR count). The van der Waals surface area contributed by atoms with Crippen LogP contribution < -0.4 is 5.32 Å². The molecule has 2 aromatic rings. The molecule has 1 aliphatic heterocycles. The van der Waals surface area contributed by atoms with Crippen molar-refractivity contribution >= 4 is 21.8 Å². The number of halogens is 1. The van der Waals surface area contributed by atoms with Gasteiger partial charge in [0.25, 0.3) is 5.91 Å². The molecule has 0 bridgehead atoms. The summed E-state index contributed by atoms with van der Waals surface area (Å²) in [7, 11) is 4.22. The van der Waals surface area contributed by atoms with Crippen molar-refractivity contribution in [2.24, 2.45) is 7.05 Å². The summed E-state index contributed by atoms with van der Waals surface area (Å²) in [5.74, 6) is -0.0270. The molecule has 25 heavy (non-hydrogen) atoms. The summed E-state index contributed by atoms with van der Waals surface area (Å²) in [6, 6.07) is 11.9. The first kappa shape index (κ1) is 18.2. The number of carbonyl (C=O) groups is 1. The zero-order valence-corrected chi connectivity index (χ0v) is 16.4. The van der Waals surface area contributed by atoms with Gasteiger partial charge >= 0.3 is 0 Å². The van der Waals surface area contributed by atoms with Gasteiger partial charge in [0.05, 0.1) is 6.04 Å². The van der Waals surface area contributed by atoms with E-state index in [1.54, 1.807) is 0 Å². The maximum absolute atomic E-state index is 12.5. The van der Waals surface area contributed by atoms with E-state index in [9.17, 15) is 4.79 Å². The van der Waals surface area contributed by atoms with Gasteiger partial charge in [-0.3, -0.25) is 9.69 Å². The summed E-state index contributed by atoms with van der Waals surface area (Å²) in [5.41, 5.74) is 1.92. The van der Waals surface area contributed by atoms with Crippen LogP contribution in [0, 0.1) is 0 Å². The second-order valence-electron chi connectivity index (χ2n) is 6.62. The second kappa shape index (κ2) is 8.17. The zero-order valence-electron chi connectivity index (χ0n) is 14.8. The minimum Gasteiger partial charge on any atom is -0.353 e. The average molecular weight is 405 g/mol. The molecule has 1 saturated heterocycles. The van der Waals surface area contributed by atoms with E-state index in [-0.39, 0.29) is 11.9 Å². The molecule has 1 aliphatic rings. The van der Waals surface area contributed by atoms with Crippen LogP contribution in [0.5, 0.6) is 0 Å². The predicted octanol–water partition coefficient (Wildman–Crippen LogP) is 2.51. The molecule has 1 atom stereocenters. The number of hydrogen-bond donors (Lipinski definition) is 1. The molecule has 1 aromatic heterocycles. The number of carbonyl (C=O) groups excluding carboxylic acids is 1. The smallest absolute Gasteiger partial charge is 0.251 e. The average Bonchev–Trinajstić information content (AvgIpc) is 3.03. The lowest BCUT2D eigenvalue weighted by Crippen LogP contribution is -2.48. The van der Waals surface area contributed by atoms with Crippen LogP contribution in [0.1, 0.15) is 22.1 Å². The fourth-order valence-electron chi connectivity index (χ4n) is 3.27. The highest BCUT2D eigenvalue weighted by molar-refractivity contribution is 9.10. The van der Waals surface area contributed by atoms with E-state index in [0.717, 1.165) is 30.7 Å². The van der Waals surface area contributed by atoms with Crippen molar-refractivity contribution in [3.8, 4) is 0 Å². The van der Waals surface area contributed by atoms with Crippen LogP contribution in [-0.4, -0.2) is 60.0 Å². The van der Waals surface area contributed by atoms with Gasteiger partial charge in [0.2, 0.25) is 0 Å². The van der Waals surface area contributed by atoms with Crippen molar-refractivity contribution in [1.29, 1.82) is 0 Å². The van der Waals surface area contributed by atoms with Crippen LogP contribution in [0.3, 0.4) is 0 Å². The number of piperazine rings is 1. The summed E-state index contributed by atoms with van der Waals surface area (Å²) in [4.78, 5) is 17.3. The molecule has 1 aromatic carbocycles. The molecular formula is C19H25BrN4O.